The molecular formula is C37H29F7N10O3S2. The van der Waals surface area contributed by atoms with Crippen LogP contribution in [0.25, 0.3) is 43.1 Å². The Morgan fingerprint density at radius 2 is 1.80 bits per heavy atom. The minimum Gasteiger partial charge on any atom is -0.346 e. The minimum absolute atomic E-state index is 0.0113. The molecule has 2 aliphatic rings. The van der Waals surface area contributed by atoms with Crippen LogP contribution in [0.4, 0.5) is 36.6 Å². The maximum atomic E-state index is 15.4. The van der Waals surface area contributed by atoms with E-state index in [1.165, 1.54) is 16.0 Å². The quantitative estimate of drug-likeness (QED) is 0.142. The fourth-order valence-electron chi connectivity index (χ4n) is 7.95. The van der Waals surface area contributed by atoms with E-state index >= 15 is 8.78 Å². The number of anilines is 1. The third kappa shape index (κ3) is 6.86. The number of pyridine rings is 1. The fourth-order valence-corrected chi connectivity index (χ4v) is 9.36. The maximum Gasteiger partial charge on any atom is 0.435 e. The van der Waals surface area contributed by atoms with Gasteiger partial charge in [-0.05, 0) is 48.6 Å². The number of sulfonamides is 1. The second-order valence-corrected chi connectivity index (χ2v) is 17.5. The lowest BCUT2D eigenvalue weighted by Gasteiger charge is -2.23. The highest BCUT2D eigenvalue weighted by molar-refractivity contribution is 7.92. The van der Waals surface area contributed by atoms with Crippen LogP contribution >= 0.6 is 11.3 Å². The van der Waals surface area contributed by atoms with Crippen LogP contribution < -0.4 is 10.0 Å². The molecule has 3 atom stereocenters. The number of imidazole rings is 1. The van der Waals surface area contributed by atoms with Crippen molar-refractivity contribution in [1.29, 1.82) is 0 Å². The number of fused-ring (bicyclic) bond motifs is 5. The van der Waals surface area contributed by atoms with Gasteiger partial charge in [-0.3, -0.25) is 18.9 Å². The van der Waals surface area contributed by atoms with Gasteiger partial charge in [-0.2, -0.15) is 32.1 Å². The summed E-state index contributed by atoms with van der Waals surface area (Å²) in [5, 5.41) is 11.4. The predicted molar refractivity (Wildman–Crippen MR) is 201 cm³/mol. The Hall–Kier alpha value is -5.90. The average molecular weight is 859 g/mol. The Bertz CT molecular complexity index is 2970. The Kier molecular flexibility index (Phi) is 8.71. The number of rotatable bonds is 10. The second-order valence-electron chi connectivity index (χ2n) is 14.7. The molecule has 0 aliphatic heterocycles. The van der Waals surface area contributed by atoms with Gasteiger partial charge >= 0.3 is 6.18 Å². The summed E-state index contributed by atoms with van der Waals surface area (Å²) < 4.78 is 133. The van der Waals surface area contributed by atoms with Crippen LogP contribution in [0.1, 0.15) is 46.6 Å². The van der Waals surface area contributed by atoms with Crippen molar-refractivity contribution in [3.63, 3.8) is 0 Å². The topological polar surface area (TPSA) is 155 Å². The third-order valence-electron chi connectivity index (χ3n) is 10.3. The molecule has 2 unspecified atom stereocenters. The smallest absolute Gasteiger partial charge is 0.346 e. The molecule has 1 saturated carbocycles. The van der Waals surface area contributed by atoms with Gasteiger partial charge in [0.1, 0.15) is 34.6 Å². The third-order valence-corrected chi connectivity index (χ3v) is 11.9. The molecule has 0 saturated heterocycles. The first-order valence-corrected chi connectivity index (χ1v) is 20.5. The number of thiazole rings is 1. The number of halogens is 7. The van der Waals surface area contributed by atoms with Crippen molar-refractivity contribution in [2.24, 2.45) is 20.0 Å². The van der Waals surface area contributed by atoms with Gasteiger partial charge in [0.05, 0.1) is 34.5 Å². The first-order chi connectivity index (χ1) is 27.7. The molecule has 0 bridgehead atoms. The van der Waals surface area contributed by atoms with Crippen molar-refractivity contribution in [2.45, 2.75) is 43.4 Å². The van der Waals surface area contributed by atoms with Crippen LogP contribution in [0, 0.1) is 17.6 Å². The number of carbonyl (C=O) groups excluding carboxylic acids is 1. The van der Waals surface area contributed by atoms with Gasteiger partial charge in [-0.25, -0.2) is 32.2 Å². The van der Waals surface area contributed by atoms with E-state index in [1.54, 1.807) is 55.5 Å². The summed E-state index contributed by atoms with van der Waals surface area (Å²) in [6.45, 7) is -1.06. The predicted octanol–water partition coefficient (Wildman–Crippen LogP) is 6.82. The number of hydrogen-bond acceptors (Lipinski definition) is 9. The first-order valence-electron chi connectivity index (χ1n) is 17.8. The molecule has 59 heavy (non-hydrogen) atoms. The summed E-state index contributed by atoms with van der Waals surface area (Å²) in [6, 6.07) is 8.01. The summed E-state index contributed by atoms with van der Waals surface area (Å²) in [5.74, 6) is -8.97. The molecule has 5 aromatic heterocycles. The number of para-hydroxylation sites is 1. The molecule has 2 N–H and O–H groups in total. The van der Waals surface area contributed by atoms with Crippen molar-refractivity contribution in [3.05, 3.63) is 94.8 Å². The molecule has 2 aliphatic carbocycles. The molecule has 1 fully saturated rings. The van der Waals surface area contributed by atoms with E-state index in [1.807, 2.05) is 0 Å². The molecule has 0 radical (unpaired) electrons. The summed E-state index contributed by atoms with van der Waals surface area (Å²) in [7, 11) is -0.439. The maximum absolute atomic E-state index is 15.4. The van der Waals surface area contributed by atoms with E-state index < -0.39 is 81.0 Å². The van der Waals surface area contributed by atoms with Gasteiger partial charge < -0.3 is 9.88 Å². The van der Waals surface area contributed by atoms with Crippen LogP contribution in [-0.2, 0) is 54.0 Å². The highest BCUT2D eigenvalue weighted by Crippen LogP contribution is 2.68. The number of nitrogens with one attached hydrogen (secondary N) is 2. The summed E-state index contributed by atoms with van der Waals surface area (Å²) >= 11 is 1.23. The second kappa shape index (κ2) is 13.3. The average Bonchev–Trinajstić information content (AvgIpc) is 3.43. The van der Waals surface area contributed by atoms with Crippen LogP contribution in [0.3, 0.4) is 0 Å². The highest BCUT2D eigenvalue weighted by Gasteiger charge is 2.68. The van der Waals surface area contributed by atoms with E-state index in [0.29, 0.717) is 48.2 Å². The number of aromatic nitrogens is 8. The van der Waals surface area contributed by atoms with Crippen molar-refractivity contribution >= 4 is 54.3 Å². The van der Waals surface area contributed by atoms with Crippen molar-refractivity contribution in [2.75, 3.05) is 11.0 Å². The number of amides is 1. The Labute approximate surface area is 333 Å². The lowest BCUT2D eigenvalue weighted by molar-refractivity contribution is -0.142. The van der Waals surface area contributed by atoms with E-state index in [4.69, 9.17) is 4.98 Å². The van der Waals surface area contributed by atoms with Crippen molar-refractivity contribution in [1.82, 2.24) is 44.4 Å². The molecule has 2 aromatic carbocycles. The summed E-state index contributed by atoms with van der Waals surface area (Å²) in [4.78, 5) is 27.9. The lowest BCUT2D eigenvalue weighted by atomic mass is 9.94. The van der Waals surface area contributed by atoms with Gasteiger partial charge in [-0.15, -0.1) is 11.3 Å². The van der Waals surface area contributed by atoms with Crippen molar-refractivity contribution in [3.8, 4) is 21.8 Å². The van der Waals surface area contributed by atoms with E-state index in [0.717, 1.165) is 18.4 Å². The van der Waals surface area contributed by atoms with E-state index in [2.05, 4.69) is 30.2 Å². The molecular weight excluding hydrogens is 830 g/mol. The molecule has 306 valence electrons. The van der Waals surface area contributed by atoms with E-state index in [-0.39, 0.29) is 35.6 Å². The normalized spacial score (nSPS) is 17.7. The largest absolute Gasteiger partial charge is 0.435 e. The highest BCUT2D eigenvalue weighted by atomic mass is 32.2. The van der Waals surface area contributed by atoms with Crippen LogP contribution in [0.2, 0.25) is 0 Å². The van der Waals surface area contributed by atoms with Gasteiger partial charge in [0.25, 0.3) is 5.92 Å². The van der Waals surface area contributed by atoms with Gasteiger partial charge in [0, 0.05) is 54.4 Å². The first kappa shape index (κ1) is 38.6. The molecule has 13 nitrogen and oxygen atoms in total. The Balaban J connectivity index is 1.21. The van der Waals surface area contributed by atoms with Gasteiger partial charge in [0.2, 0.25) is 15.9 Å². The molecule has 7 aromatic rings. The summed E-state index contributed by atoms with van der Waals surface area (Å²) in [6.07, 6.45) is -1.29. The Morgan fingerprint density at radius 3 is 2.47 bits per heavy atom. The zero-order valence-corrected chi connectivity index (χ0v) is 32.4. The Morgan fingerprint density at radius 1 is 1.05 bits per heavy atom. The molecule has 22 heteroatoms. The fraction of sp³-hybridized carbons (Fsp3) is 0.297. The number of benzene rings is 2. The number of nitrogens with zero attached hydrogens (tertiary/aromatic N) is 8. The lowest BCUT2D eigenvalue weighted by Crippen LogP contribution is -2.35. The number of hydrogen-bond donors (Lipinski definition) is 2. The molecule has 0 spiro atoms. The SMILES string of the molecule is Cn1cnc(-c2nc3nc(C(Cc4cc(F)cc(F)c4)NC(=O)Cn4nc(C(F)(F)F)c5c4C(F)(F)C4C[C@H]54)c(-c4cccc5c(NS(C)(=O)=O)nn(C)c45)cc3s2)c1. The molecule has 9 rings (SSSR count). The minimum atomic E-state index is -5.07. The zero-order valence-electron chi connectivity index (χ0n) is 30.8. The van der Waals surface area contributed by atoms with Crippen LogP contribution in [-0.4, -0.2) is 59.7 Å². The summed E-state index contributed by atoms with van der Waals surface area (Å²) in [5.41, 5.74) is -1.14. The molecule has 1 amide bonds. The zero-order chi connectivity index (χ0) is 41.9. The van der Waals surface area contributed by atoms with Gasteiger partial charge in [-0.1, -0.05) is 12.1 Å². The number of aryl methyl sites for hydroxylation is 2. The number of carbonyl (C=O) groups is 1. The standard InChI is InChI=1S/C37H29F7N10O3S2/c1-52-13-25(45-15-52)35-48-34-26(58-35)12-21(19-5-4-6-20-30(19)53(2)50-33(20)51-59(3,56)57)29(47-34)24(9-16-7-17(38)10-18(39)8-16)46-27(55)14-54-32-28(31(49-54)37(42,43)44)22-11-23(22)36(32,40)41/h4-8,10,12-13,15,22-24H,9,11,14H2,1-3H3,(H,46,55)(H,50,51)/t22-,23?,24?/m0/s1. The van der Waals surface area contributed by atoms with Crippen LogP contribution in [0.15, 0.2) is 55.0 Å². The number of alkyl halides is 5. The van der Waals surface area contributed by atoms with E-state index in [9.17, 15) is 35.2 Å². The monoisotopic (exact) mass is 858 g/mol. The van der Waals surface area contributed by atoms with Crippen molar-refractivity contribution < 1.29 is 43.9 Å². The van der Waals surface area contributed by atoms with Gasteiger partial charge in [0.15, 0.2) is 17.2 Å². The molecule has 5 heterocycles. The van der Waals surface area contributed by atoms with Crippen LogP contribution in [0.5, 0.6) is 0 Å².